The Bertz CT molecular complexity index is 853. The molecule has 1 aliphatic heterocycles. The number of rotatable bonds is 4. The number of anilines is 1. The highest BCUT2D eigenvalue weighted by molar-refractivity contribution is 7.89. The van der Waals surface area contributed by atoms with Gasteiger partial charge in [0.15, 0.2) is 0 Å². The van der Waals surface area contributed by atoms with Crippen LogP contribution in [-0.4, -0.2) is 48.3 Å². The predicted octanol–water partition coefficient (Wildman–Crippen LogP) is 2.79. The topological polar surface area (TPSA) is 66.4 Å². The zero-order valence-electron chi connectivity index (χ0n) is 15.1. The van der Waals surface area contributed by atoms with Gasteiger partial charge in [-0.25, -0.2) is 13.4 Å². The number of hydrogen-bond donors (Lipinski definition) is 0. The quantitative estimate of drug-likeness (QED) is 0.816. The van der Waals surface area contributed by atoms with Crippen molar-refractivity contribution in [3.05, 3.63) is 35.2 Å². The average Bonchev–Trinajstić information content (AvgIpc) is 3.05. The minimum absolute atomic E-state index is 0.302. The first kappa shape index (κ1) is 18.3. The third kappa shape index (κ3) is 3.70. The number of aromatic nitrogens is 2. The Hall–Kier alpha value is -1.51. The van der Waals surface area contributed by atoms with Crippen molar-refractivity contribution < 1.29 is 8.42 Å². The Morgan fingerprint density at radius 2 is 1.80 bits per heavy atom. The van der Waals surface area contributed by atoms with Crippen LogP contribution in [0.1, 0.15) is 36.7 Å². The van der Waals surface area contributed by atoms with Gasteiger partial charge in [-0.2, -0.15) is 8.68 Å². The molecule has 0 amide bonds. The van der Waals surface area contributed by atoms with Crippen LogP contribution in [0.3, 0.4) is 0 Å². The van der Waals surface area contributed by atoms with Crippen LogP contribution >= 0.6 is 11.5 Å². The highest BCUT2D eigenvalue weighted by Gasteiger charge is 2.30. The second-order valence-corrected chi connectivity index (χ2v) is 9.39. The number of nitrogens with zero attached hydrogens (tertiary/aromatic N) is 4. The summed E-state index contributed by atoms with van der Waals surface area (Å²) in [5, 5.41) is 0.882. The van der Waals surface area contributed by atoms with E-state index in [0.29, 0.717) is 37.0 Å². The number of aryl methyl sites for hydroxylation is 2. The minimum Gasteiger partial charge on any atom is -0.344 e. The highest BCUT2D eigenvalue weighted by Crippen LogP contribution is 2.25. The van der Waals surface area contributed by atoms with Crippen molar-refractivity contribution in [2.24, 2.45) is 0 Å². The largest absolute Gasteiger partial charge is 0.344 e. The summed E-state index contributed by atoms with van der Waals surface area (Å²) in [5.41, 5.74) is 1.87. The second kappa shape index (κ2) is 7.01. The maximum atomic E-state index is 12.9. The fraction of sp³-hybridized carbons (Fsp3) is 0.529. The Labute approximate surface area is 153 Å². The van der Waals surface area contributed by atoms with Crippen molar-refractivity contribution in [3.8, 4) is 0 Å². The van der Waals surface area contributed by atoms with Crippen LogP contribution in [0.15, 0.2) is 23.1 Å². The van der Waals surface area contributed by atoms with Gasteiger partial charge in [0.05, 0.1) is 4.90 Å². The van der Waals surface area contributed by atoms with Gasteiger partial charge in [0.25, 0.3) is 0 Å². The van der Waals surface area contributed by atoms with E-state index in [4.69, 9.17) is 0 Å². The molecule has 6 nitrogen and oxygen atoms in total. The minimum atomic E-state index is -3.45. The van der Waals surface area contributed by atoms with E-state index in [-0.39, 0.29) is 0 Å². The molecule has 0 aliphatic carbocycles. The van der Waals surface area contributed by atoms with E-state index in [1.54, 1.807) is 10.4 Å². The highest BCUT2D eigenvalue weighted by atomic mass is 32.2. The molecule has 25 heavy (non-hydrogen) atoms. The molecule has 1 fully saturated rings. The smallest absolute Gasteiger partial charge is 0.243 e. The molecular formula is C17H24N4O2S2. The van der Waals surface area contributed by atoms with E-state index in [2.05, 4.69) is 28.1 Å². The van der Waals surface area contributed by atoms with Gasteiger partial charge in [-0.05, 0) is 25.5 Å². The third-order valence-electron chi connectivity index (χ3n) is 4.40. The van der Waals surface area contributed by atoms with Crippen LogP contribution < -0.4 is 4.90 Å². The van der Waals surface area contributed by atoms with Crippen LogP contribution in [-0.2, 0) is 10.0 Å². The molecule has 0 saturated carbocycles. The molecule has 0 spiro atoms. The predicted molar refractivity (Wildman–Crippen MR) is 101 cm³/mol. The van der Waals surface area contributed by atoms with Crippen molar-refractivity contribution in [3.63, 3.8) is 0 Å². The van der Waals surface area contributed by atoms with E-state index >= 15 is 0 Å². The first-order valence-electron chi connectivity index (χ1n) is 8.45. The first-order chi connectivity index (χ1) is 11.8. The lowest BCUT2D eigenvalue weighted by Crippen LogP contribution is -2.48. The SMILES string of the molecule is Cc1ccc(S(=O)(=O)N2CCN(c3nc(C(C)C)ns3)CC2)c(C)c1. The summed E-state index contributed by atoms with van der Waals surface area (Å²) in [7, 11) is -3.45. The van der Waals surface area contributed by atoms with Crippen molar-refractivity contribution in [1.82, 2.24) is 13.7 Å². The molecule has 8 heteroatoms. The summed E-state index contributed by atoms with van der Waals surface area (Å²) in [6.07, 6.45) is 0. The van der Waals surface area contributed by atoms with E-state index < -0.39 is 10.0 Å². The average molecular weight is 381 g/mol. The molecule has 2 aromatic rings. The Kier molecular flexibility index (Phi) is 5.13. The molecule has 1 saturated heterocycles. The normalized spacial score (nSPS) is 16.6. The van der Waals surface area contributed by atoms with Crippen LogP contribution in [0.25, 0.3) is 0 Å². The van der Waals surface area contributed by atoms with Gasteiger partial charge in [0.2, 0.25) is 15.2 Å². The van der Waals surface area contributed by atoms with Gasteiger partial charge in [-0.3, -0.25) is 0 Å². The van der Waals surface area contributed by atoms with Gasteiger partial charge in [0.1, 0.15) is 5.82 Å². The van der Waals surface area contributed by atoms with Gasteiger partial charge in [-0.1, -0.05) is 31.5 Å². The lowest BCUT2D eigenvalue weighted by molar-refractivity contribution is 0.384. The Balaban J connectivity index is 1.72. The summed E-state index contributed by atoms with van der Waals surface area (Å²) in [6.45, 7) is 10.2. The lowest BCUT2D eigenvalue weighted by Gasteiger charge is -2.33. The van der Waals surface area contributed by atoms with E-state index in [1.807, 2.05) is 26.0 Å². The molecule has 0 N–H and O–H groups in total. The van der Waals surface area contributed by atoms with E-state index in [9.17, 15) is 8.42 Å². The third-order valence-corrected chi connectivity index (χ3v) is 7.25. The molecule has 0 radical (unpaired) electrons. The molecule has 0 unspecified atom stereocenters. The van der Waals surface area contributed by atoms with Crippen molar-refractivity contribution >= 4 is 26.7 Å². The van der Waals surface area contributed by atoms with Crippen LogP contribution in [0.5, 0.6) is 0 Å². The Morgan fingerprint density at radius 1 is 1.12 bits per heavy atom. The molecular weight excluding hydrogens is 356 g/mol. The van der Waals surface area contributed by atoms with E-state index in [0.717, 1.165) is 22.1 Å². The van der Waals surface area contributed by atoms with Gasteiger partial charge in [0, 0.05) is 43.6 Å². The molecule has 136 valence electrons. The van der Waals surface area contributed by atoms with Gasteiger partial charge >= 0.3 is 0 Å². The fourth-order valence-corrected chi connectivity index (χ4v) is 5.42. The van der Waals surface area contributed by atoms with Crippen LogP contribution in [0, 0.1) is 13.8 Å². The van der Waals surface area contributed by atoms with E-state index in [1.165, 1.54) is 11.5 Å². The monoisotopic (exact) mass is 380 g/mol. The molecule has 1 aromatic carbocycles. The van der Waals surface area contributed by atoms with Crippen LogP contribution in [0.2, 0.25) is 0 Å². The summed E-state index contributed by atoms with van der Waals surface area (Å²) in [5.74, 6) is 1.15. The number of sulfonamides is 1. The standard InChI is InChI=1S/C17H24N4O2S2/c1-12(2)16-18-17(24-19-16)20-7-9-21(10-8-20)25(22,23)15-6-5-13(3)11-14(15)4/h5-6,11-12H,7-10H2,1-4H3. The molecule has 0 bridgehead atoms. The summed E-state index contributed by atoms with van der Waals surface area (Å²) in [6, 6.07) is 5.48. The summed E-state index contributed by atoms with van der Waals surface area (Å²) >= 11 is 1.39. The Morgan fingerprint density at radius 3 is 2.36 bits per heavy atom. The van der Waals surface area contributed by atoms with Gasteiger partial charge in [-0.15, -0.1) is 0 Å². The molecule has 1 aromatic heterocycles. The molecule has 0 atom stereocenters. The first-order valence-corrected chi connectivity index (χ1v) is 10.7. The molecule has 2 heterocycles. The molecule has 1 aliphatic rings. The number of hydrogen-bond acceptors (Lipinski definition) is 6. The maximum Gasteiger partial charge on any atom is 0.243 e. The zero-order chi connectivity index (χ0) is 18.2. The summed E-state index contributed by atoms with van der Waals surface area (Å²) < 4.78 is 31.8. The number of piperazine rings is 1. The second-order valence-electron chi connectivity index (χ2n) is 6.75. The molecule has 3 rings (SSSR count). The zero-order valence-corrected chi connectivity index (χ0v) is 16.7. The maximum absolute atomic E-state index is 12.9. The van der Waals surface area contributed by atoms with Crippen molar-refractivity contribution in [2.45, 2.75) is 38.5 Å². The number of benzene rings is 1. The van der Waals surface area contributed by atoms with Crippen molar-refractivity contribution in [1.29, 1.82) is 0 Å². The lowest BCUT2D eigenvalue weighted by atomic mass is 10.2. The fourth-order valence-electron chi connectivity index (χ4n) is 2.94. The summed E-state index contributed by atoms with van der Waals surface area (Å²) in [4.78, 5) is 7.10. The van der Waals surface area contributed by atoms with Crippen LogP contribution in [0.4, 0.5) is 5.13 Å². The van der Waals surface area contributed by atoms with Gasteiger partial charge < -0.3 is 4.90 Å². The van der Waals surface area contributed by atoms with Crippen molar-refractivity contribution in [2.75, 3.05) is 31.1 Å².